The Labute approximate surface area is 243 Å². The summed E-state index contributed by atoms with van der Waals surface area (Å²) in [6.07, 6.45) is 33.1. The Kier molecular flexibility index (Phi) is 24.5. The van der Waals surface area contributed by atoms with Crippen molar-refractivity contribution in [3.05, 3.63) is 48.0 Å². The highest BCUT2D eigenvalue weighted by Crippen LogP contribution is 2.31. The van der Waals surface area contributed by atoms with Crippen LogP contribution in [-0.4, -0.2) is 23.4 Å². The number of rotatable bonds is 28. The zero-order valence-corrected chi connectivity index (χ0v) is 25.9. The van der Waals surface area contributed by atoms with E-state index in [1.165, 1.54) is 157 Å². The van der Waals surface area contributed by atoms with Gasteiger partial charge < -0.3 is 10.2 Å². The third kappa shape index (κ3) is 19.4. The number of hydrogen-bond acceptors (Lipinski definition) is 2. The quantitative estimate of drug-likeness (QED) is 0.104. The van der Waals surface area contributed by atoms with Crippen molar-refractivity contribution < 1.29 is 10.2 Å². The fourth-order valence-electron chi connectivity index (χ4n) is 5.70. The smallest absolute Gasteiger partial charge is 0.0431 e. The van der Waals surface area contributed by atoms with E-state index in [1.807, 2.05) is 0 Å². The molecule has 0 aromatic heterocycles. The van der Waals surface area contributed by atoms with Gasteiger partial charge in [-0.3, -0.25) is 0 Å². The molecule has 0 fully saturated rings. The Balaban J connectivity index is 2.20. The van der Waals surface area contributed by atoms with Gasteiger partial charge in [0.05, 0.1) is 0 Å². The molecule has 0 heterocycles. The van der Waals surface area contributed by atoms with Crippen LogP contribution in [0.1, 0.15) is 172 Å². The fourth-order valence-corrected chi connectivity index (χ4v) is 5.70. The van der Waals surface area contributed by atoms with E-state index in [0.717, 1.165) is 19.3 Å². The third-order valence-electron chi connectivity index (χ3n) is 8.24. The van der Waals surface area contributed by atoms with Crippen LogP contribution in [-0.2, 0) is 0 Å². The molecule has 0 spiro atoms. The van der Waals surface area contributed by atoms with Crippen molar-refractivity contribution in [3.63, 3.8) is 0 Å². The van der Waals surface area contributed by atoms with Crippen molar-refractivity contribution in [1.82, 2.24) is 0 Å². The molecule has 0 amide bonds. The van der Waals surface area contributed by atoms with Crippen LogP contribution in [0.15, 0.2) is 36.9 Å². The van der Waals surface area contributed by atoms with Crippen molar-refractivity contribution in [2.45, 2.75) is 161 Å². The topological polar surface area (TPSA) is 40.5 Å². The summed E-state index contributed by atoms with van der Waals surface area (Å²) in [5.74, 6) is 0. The largest absolute Gasteiger partial charge is 0.396 e. The van der Waals surface area contributed by atoms with Crippen molar-refractivity contribution in [2.24, 2.45) is 0 Å². The normalized spacial score (nSPS) is 11.8. The van der Waals surface area contributed by atoms with Crippen molar-refractivity contribution in [2.75, 3.05) is 13.2 Å². The van der Waals surface area contributed by atoms with Crippen LogP contribution in [0.2, 0.25) is 0 Å². The molecule has 2 heteroatoms. The van der Waals surface area contributed by atoms with Gasteiger partial charge in [0, 0.05) is 13.2 Å². The third-order valence-corrected chi connectivity index (χ3v) is 8.24. The summed E-state index contributed by atoms with van der Waals surface area (Å²) in [5, 5.41) is 17.7. The van der Waals surface area contributed by atoms with Gasteiger partial charge in [-0.15, -0.1) is 0 Å². The lowest BCUT2D eigenvalue weighted by Crippen LogP contribution is -1.94. The number of unbranched alkanes of at least 4 members (excludes halogenated alkanes) is 20. The molecule has 0 aliphatic rings. The lowest BCUT2D eigenvalue weighted by Gasteiger charge is -2.15. The van der Waals surface area contributed by atoms with Gasteiger partial charge in [0.2, 0.25) is 0 Å². The van der Waals surface area contributed by atoms with Crippen LogP contribution >= 0.6 is 0 Å². The van der Waals surface area contributed by atoms with Gasteiger partial charge in [0.25, 0.3) is 0 Å². The number of allylic oxidation sites excluding steroid dienone is 3. The average Bonchev–Trinajstić information content (AvgIpc) is 2.96. The Morgan fingerprint density at radius 1 is 0.513 bits per heavy atom. The van der Waals surface area contributed by atoms with E-state index in [2.05, 4.69) is 43.8 Å². The molecule has 1 aromatic rings. The van der Waals surface area contributed by atoms with Gasteiger partial charge in [-0.25, -0.2) is 0 Å². The summed E-state index contributed by atoms with van der Waals surface area (Å²) in [6, 6.07) is 8.95. The molecule has 0 unspecified atom stereocenters. The molecule has 224 valence electrons. The number of hydrogen-bond donors (Lipinski definition) is 2. The van der Waals surface area contributed by atoms with E-state index < -0.39 is 0 Å². The van der Waals surface area contributed by atoms with E-state index in [0.29, 0.717) is 13.2 Å². The van der Waals surface area contributed by atoms with Gasteiger partial charge in [0.1, 0.15) is 0 Å². The monoisotopic (exact) mass is 540 g/mol. The molecule has 0 aliphatic carbocycles. The first-order valence-electron chi connectivity index (χ1n) is 16.9. The average molecular weight is 541 g/mol. The fraction of sp³-hybridized carbons (Fsp3) is 0.730. The van der Waals surface area contributed by atoms with Gasteiger partial charge in [-0.2, -0.15) is 0 Å². The molecular formula is C37H64O2. The summed E-state index contributed by atoms with van der Waals surface area (Å²) in [7, 11) is 0. The summed E-state index contributed by atoms with van der Waals surface area (Å²) < 4.78 is 0. The second kappa shape index (κ2) is 26.8. The van der Waals surface area contributed by atoms with Crippen LogP contribution in [0.25, 0.3) is 11.1 Å². The number of aliphatic hydroxyl groups excluding tert-OH is 2. The van der Waals surface area contributed by atoms with Crippen LogP contribution in [0.4, 0.5) is 0 Å². The molecule has 2 nitrogen and oxygen atoms in total. The highest BCUT2D eigenvalue weighted by molar-refractivity contribution is 5.78. The van der Waals surface area contributed by atoms with Crippen LogP contribution in [0.3, 0.4) is 0 Å². The van der Waals surface area contributed by atoms with Gasteiger partial charge in [-0.05, 0) is 67.7 Å². The standard InChI is InChI=1S/C37H64O2/c1-3-35(29-23-19-15-11-7-5-9-13-17-21-27-33-39)37-31-25-24-30-36(37)34(2)28-22-18-14-10-6-4-8-12-16-20-26-32-38/h3,24-25,30-31,38-39H,2,4-23,26-29,32-33H2,1H3/b35-3-. The lowest BCUT2D eigenvalue weighted by molar-refractivity contribution is 0.282. The Morgan fingerprint density at radius 2 is 0.846 bits per heavy atom. The molecule has 0 radical (unpaired) electrons. The van der Waals surface area contributed by atoms with E-state index in [4.69, 9.17) is 10.2 Å². The Morgan fingerprint density at radius 3 is 1.23 bits per heavy atom. The molecule has 2 N–H and O–H groups in total. The zero-order valence-electron chi connectivity index (χ0n) is 25.9. The summed E-state index contributed by atoms with van der Waals surface area (Å²) >= 11 is 0. The van der Waals surface area contributed by atoms with Crippen molar-refractivity contribution in [3.8, 4) is 0 Å². The number of aliphatic hydroxyl groups is 2. The minimum absolute atomic E-state index is 0.351. The maximum Gasteiger partial charge on any atom is 0.0431 e. The van der Waals surface area contributed by atoms with Gasteiger partial charge >= 0.3 is 0 Å². The molecule has 1 rings (SSSR count). The maximum atomic E-state index is 8.84. The summed E-state index contributed by atoms with van der Waals surface area (Å²) in [5.41, 5.74) is 5.58. The highest BCUT2D eigenvalue weighted by Gasteiger charge is 2.10. The maximum absolute atomic E-state index is 8.84. The minimum atomic E-state index is 0.351. The molecule has 0 atom stereocenters. The predicted molar refractivity (Wildman–Crippen MR) is 174 cm³/mol. The summed E-state index contributed by atoms with van der Waals surface area (Å²) in [6.45, 7) is 7.40. The van der Waals surface area contributed by atoms with Gasteiger partial charge in [0.15, 0.2) is 0 Å². The first-order valence-corrected chi connectivity index (χ1v) is 16.9. The highest BCUT2D eigenvalue weighted by atomic mass is 16.3. The SMILES string of the molecule is C=C(CCCCCCCCCCCCCO)c1ccccc1/C(=C\C)CCCCCCCCCCCCCO. The zero-order chi connectivity index (χ0) is 28.2. The van der Waals surface area contributed by atoms with Crippen molar-refractivity contribution in [1.29, 1.82) is 0 Å². The molecule has 0 saturated heterocycles. The minimum Gasteiger partial charge on any atom is -0.396 e. The Hall–Kier alpha value is -1.38. The van der Waals surface area contributed by atoms with Crippen LogP contribution in [0, 0.1) is 0 Å². The van der Waals surface area contributed by atoms with Crippen LogP contribution in [0.5, 0.6) is 0 Å². The first-order chi connectivity index (χ1) is 19.2. The Bertz CT molecular complexity index is 720. The molecule has 1 aromatic carbocycles. The van der Waals surface area contributed by atoms with Crippen molar-refractivity contribution >= 4 is 11.1 Å². The molecular weight excluding hydrogens is 476 g/mol. The van der Waals surface area contributed by atoms with Crippen LogP contribution < -0.4 is 0 Å². The predicted octanol–water partition coefficient (Wildman–Crippen LogP) is 11.5. The van der Waals surface area contributed by atoms with E-state index in [1.54, 1.807) is 0 Å². The van der Waals surface area contributed by atoms with E-state index in [9.17, 15) is 0 Å². The van der Waals surface area contributed by atoms with E-state index >= 15 is 0 Å². The lowest BCUT2D eigenvalue weighted by atomic mass is 9.90. The second-order valence-electron chi connectivity index (χ2n) is 11.7. The van der Waals surface area contributed by atoms with E-state index in [-0.39, 0.29) is 0 Å². The number of benzene rings is 1. The molecule has 0 saturated carbocycles. The first kappa shape index (κ1) is 35.6. The van der Waals surface area contributed by atoms with Gasteiger partial charge in [-0.1, -0.05) is 152 Å². The molecule has 0 aliphatic heterocycles. The summed E-state index contributed by atoms with van der Waals surface area (Å²) in [4.78, 5) is 0. The molecule has 39 heavy (non-hydrogen) atoms. The second-order valence-corrected chi connectivity index (χ2v) is 11.7. The molecule has 0 bridgehead atoms.